The predicted molar refractivity (Wildman–Crippen MR) is 53.9 cm³/mol. The van der Waals surface area contributed by atoms with Crippen LogP contribution in [-0.2, 0) is 6.42 Å². The molecule has 0 saturated carbocycles. The van der Waals surface area contributed by atoms with Crippen LogP contribution in [0.3, 0.4) is 0 Å². The molecule has 0 atom stereocenters. The molecule has 0 bridgehead atoms. The highest BCUT2D eigenvalue weighted by Gasteiger charge is 1.96. The normalized spacial score (nSPS) is 10.8. The van der Waals surface area contributed by atoms with Crippen LogP contribution in [0.1, 0.15) is 32.3 Å². The van der Waals surface area contributed by atoms with Crippen molar-refractivity contribution >= 4 is 0 Å². The van der Waals surface area contributed by atoms with Crippen LogP contribution in [-0.4, -0.2) is 0 Å². The molecule has 0 heterocycles. The van der Waals surface area contributed by atoms with E-state index in [9.17, 15) is 4.39 Å². The summed E-state index contributed by atoms with van der Waals surface area (Å²) in [5.74, 6) is 1.31. The van der Waals surface area contributed by atoms with Gasteiger partial charge in [-0.2, -0.15) is 0 Å². The summed E-state index contributed by atoms with van der Waals surface area (Å²) < 4.78 is 12.5. The van der Waals surface area contributed by atoms with E-state index in [1.54, 1.807) is 0 Å². The van der Waals surface area contributed by atoms with E-state index in [-0.39, 0.29) is 5.82 Å². The molecule has 0 aliphatic rings. The molecular formula is C12H16F. The largest absolute Gasteiger partial charge is 0.207 e. The highest BCUT2D eigenvalue weighted by atomic mass is 19.1. The lowest BCUT2D eigenvalue weighted by Gasteiger charge is -2.03. The Morgan fingerprint density at radius 1 is 1.15 bits per heavy atom. The van der Waals surface area contributed by atoms with Crippen molar-refractivity contribution < 1.29 is 4.39 Å². The lowest BCUT2D eigenvalue weighted by molar-refractivity contribution is 0.626. The van der Waals surface area contributed by atoms with Crippen LogP contribution in [0.2, 0.25) is 0 Å². The minimum absolute atomic E-state index is 0.151. The summed E-state index contributed by atoms with van der Waals surface area (Å²) in [5.41, 5.74) is 1.22. The third kappa shape index (κ3) is 4.07. The Morgan fingerprint density at radius 3 is 2.31 bits per heavy atom. The average molecular weight is 179 g/mol. The molecule has 0 saturated heterocycles. The molecule has 0 N–H and O–H groups in total. The van der Waals surface area contributed by atoms with Crippen LogP contribution in [0.25, 0.3) is 0 Å². The van der Waals surface area contributed by atoms with Crippen molar-refractivity contribution in [2.24, 2.45) is 0 Å². The first kappa shape index (κ1) is 10.2. The van der Waals surface area contributed by atoms with E-state index in [4.69, 9.17) is 0 Å². The average Bonchev–Trinajstić information content (AvgIpc) is 2.08. The fourth-order valence-corrected chi connectivity index (χ4v) is 1.30. The minimum atomic E-state index is -0.151. The van der Waals surface area contributed by atoms with E-state index in [1.165, 1.54) is 23.6 Å². The summed E-state index contributed by atoms with van der Waals surface area (Å²) >= 11 is 0. The lowest BCUT2D eigenvalue weighted by Crippen LogP contribution is -1.89. The quantitative estimate of drug-likeness (QED) is 0.660. The summed E-state index contributed by atoms with van der Waals surface area (Å²) in [6, 6.07) is 6.77. The van der Waals surface area contributed by atoms with Crippen molar-refractivity contribution in [3.05, 3.63) is 41.6 Å². The summed E-state index contributed by atoms with van der Waals surface area (Å²) in [6.07, 6.45) is 3.37. The van der Waals surface area contributed by atoms with Gasteiger partial charge in [-0.3, -0.25) is 0 Å². The Balaban J connectivity index is 2.33. The van der Waals surface area contributed by atoms with Gasteiger partial charge in [-0.05, 0) is 42.9 Å². The third-order valence-corrected chi connectivity index (χ3v) is 2.06. The molecule has 1 heteroatoms. The van der Waals surface area contributed by atoms with Crippen LogP contribution in [0.5, 0.6) is 0 Å². The second-order valence-corrected chi connectivity index (χ2v) is 3.69. The second-order valence-electron chi connectivity index (χ2n) is 3.69. The fourth-order valence-electron chi connectivity index (χ4n) is 1.30. The smallest absolute Gasteiger partial charge is 0.123 e. The summed E-state index contributed by atoms with van der Waals surface area (Å²) in [6.45, 7) is 4.29. The van der Waals surface area contributed by atoms with E-state index < -0.39 is 0 Å². The van der Waals surface area contributed by atoms with Crippen molar-refractivity contribution in [1.29, 1.82) is 0 Å². The van der Waals surface area contributed by atoms with Crippen LogP contribution in [0.4, 0.5) is 4.39 Å². The van der Waals surface area contributed by atoms with Gasteiger partial charge in [-0.15, -0.1) is 0 Å². The zero-order valence-electron chi connectivity index (χ0n) is 8.31. The first-order chi connectivity index (χ1) is 6.18. The van der Waals surface area contributed by atoms with Gasteiger partial charge in [0.15, 0.2) is 0 Å². The highest BCUT2D eigenvalue weighted by molar-refractivity contribution is 5.16. The molecule has 1 aromatic carbocycles. The number of hydrogen-bond donors (Lipinski definition) is 0. The first-order valence-electron chi connectivity index (χ1n) is 4.72. The number of halogens is 1. The molecule has 0 aromatic heterocycles. The molecule has 0 spiro atoms. The van der Waals surface area contributed by atoms with Crippen molar-refractivity contribution in [1.82, 2.24) is 0 Å². The zero-order chi connectivity index (χ0) is 9.68. The van der Waals surface area contributed by atoms with Crippen molar-refractivity contribution in [3.63, 3.8) is 0 Å². The Kier molecular flexibility index (Phi) is 3.94. The molecule has 0 aliphatic carbocycles. The van der Waals surface area contributed by atoms with E-state index >= 15 is 0 Å². The maximum Gasteiger partial charge on any atom is 0.123 e. The third-order valence-electron chi connectivity index (χ3n) is 2.06. The van der Waals surface area contributed by atoms with Gasteiger partial charge in [0.25, 0.3) is 0 Å². The Bertz CT molecular complexity index is 236. The second kappa shape index (κ2) is 5.00. The van der Waals surface area contributed by atoms with Crippen molar-refractivity contribution in [2.45, 2.75) is 33.1 Å². The maximum absolute atomic E-state index is 12.5. The van der Waals surface area contributed by atoms with Gasteiger partial charge in [-0.25, -0.2) is 4.39 Å². The first-order valence-corrected chi connectivity index (χ1v) is 4.72. The Morgan fingerprint density at radius 2 is 1.77 bits per heavy atom. The fraction of sp³-hybridized carbons (Fsp3) is 0.417. The van der Waals surface area contributed by atoms with Crippen LogP contribution in [0, 0.1) is 11.7 Å². The van der Waals surface area contributed by atoms with Gasteiger partial charge in [0.1, 0.15) is 5.82 Å². The summed E-state index contributed by atoms with van der Waals surface area (Å²) in [7, 11) is 0. The molecule has 0 amide bonds. The standard InChI is InChI=1S/C12H16F/c1-10(2)4-3-5-11-6-8-12(13)9-7-11/h6-9H,3-5H2,1-2H3. The molecule has 71 valence electrons. The monoisotopic (exact) mass is 179 g/mol. The van der Waals surface area contributed by atoms with Crippen molar-refractivity contribution in [2.75, 3.05) is 0 Å². The van der Waals surface area contributed by atoms with Gasteiger partial charge in [-0.1, -0.05) is 26.0 Å². The van der Waals surface area contributed by atoms with Gasteiger partial charge in [0.2, 0.25) is 0 Å². The molecule has 0 nitrogen and oxygen atoms in total. The minimum Gasteiger partial charge on any atom is -0.207 e. The topological polar surface area (TPSA) is 0 Å². The summed E-state index contributed by atoms with van der Waals surface area (Å²) in [4.78, 5) is 0. The van der Waals surface area contributed by atoms with Gasteiger partial charge in [0, 0.05) is 0 Å². The van der Waals surface area contributed by atoms with Gasteiger partial charge >= 0.3 is 0 Å². The van der Waals surface area contributed by atoms with Gasteiger partial charge in [0.05, 0.1) is 0 Å². The van der Waals surface area contributed by atoms with E-state index in [0.717, 1.165) is 19.3 Å². The molecule has 1 aromatic rings. The molecule has 13 heavy (non-hydrogen) atoms. The SMILES string of the molecule is C[C](C)CCCc1ccc(F)cc1. The van der Waals surface area contributed by atoms with Gasteiger partial charge < -0.3 is 0 Å². The molecule has 0 unspecified atom stereocenters. The van der Waals surface area contributed by atoms with E-state index in [1.807, 2.05) is 12.1 Å². The lowest BCUT2D eigenvalue weighted by atomic mass is 10.0. The molecule has 0 aliphatic heterocycles. The van der Waals surface area contributed by atoms with E-state index in [0.29, 0.717) is 0 Å². The zero-order valence-corrected chi connectivity index (χ0v) is 8.31. The number of hydrogen-bond acceptors (Lipinski definition) is 0. The van der Waals surface area contributed by atoms with Crippen LogP contribution < -0.4 is 0 Å². The van der Waals surface area contributed by atoms with Crippen molar-refractivity contribution in [3.8, 4) is 0 Å². The highest BCUT2D eigenvalue weighted by Crippen LogP contribution is 2.11. The molecular weight excluding hydrogens is 163 g/mol. The Hall–Kier alpha value is -0.850. The molecule has 1 radical (unpaired) electrons. The molecule has 0 fully saturated rings. The van der Waals surface area contributed by atoms with E-state index in [2.05, 4.69) is 13.8 Å². The predicted octanol–water partition coefficient (Wildman–Crippen LogP) is 3.76. The number of benzene rings is 1. The van der Waals surface area contributed by atoms with Crippen LogP contribution >= 0.6 is 0 Å². The maximum atomic E-state index is 12.5. The number of rotatable bonds is 4. The summed E-state index contributed by atoms with van der Waals surface area (Å²) in [5, 5.41) is 0. The number of aryl methyl sites for hydroxylation is 1. The Labute approximate surface area is 79.8 Å². The molecule has 1 rings (SSSR count). The van der Waals surface area contributed by atoms with Crippen LogP contribution in [0.15, 0.2) is 24.3 Å².